The van der Waals surface area contributed by atoms with Gasteiger partial charge in [-0.05, 0) is 35.4 Å². The summed E-state index contributed by atoms with van der Waals surface area (Å²) < 4.78 is 37.4. The van der Waals surface area contributed by atoms with E-state index in [0.717, 1.165) is 21.7 Å². The van der Waals surface area contributed by atoms with Crippen molar-refractivity contribution in [3.63, 3.8) is 0 Å². The Hall–Kier alpha value is -3.76. The molecule has 0 radical (unpaired) electrons. The molecule has 3 aromatic carbocycles. The Morgan fingerprint density at radius 1 is 0.974 bits per heavy atom. The molecule has 1 unspecified atom stereocenters. The van der Waals surface area contributed by atoms with Crippen LogP contribution in [0.3, 0.4) is 0 Å². The minimum atomic E-state index is -3.88. The first-order valence-electron chi connectivity index (χ1n) is 11.8. The molecule has 0 fully saturated rings. The van der Waals surface area contributed by atoms with Gasteiger partial charge in [-0.15, -0.1) is 0 Å². The highest BCUT2D eigenvalue weighted by atomic mass is 35.5. The molecule has 38 heavy (non-hydrogen) atoms. The minimum Gasteiger partial charge on any atom is -0.454 e. The summed E-state index contributed by atoms with van der Waals surface area (Å²) >= 11 is 6.04. The van der Waals surface area contributed by atoms with Crippen LogP contribution in [0, 0.1) is 0 Å². The van der Waals surface area contributed by atoms with Crippen LogP contribution in [-0.4, -0.2) is 57.8 Å². The lowest BCUT2D eigenvalue weighted by Gasteiger charge is -2.33. The number of rotatable bonds is 10. The van der Waals surface area contributed by atoms with Crippen molar-refractivity contribution in [2.24, 2.45) is 0 Å². The highest BCUT2D eigenvalue weighted by Crippen LogP contribution is 2.36. The number of sulfonamides is 1. The van der Waals surface area contributed by atoms with Crippen molar-refractivity contribution in [2.75, 3.05) is 30.9 Å². The lowest BCUT2D eigenvalue weighted by Crippen LogP contribution is -2.52. The van der Waals surface area contributed by atoms with Gasteiger partial charge in [-0.25, -0.2) is 8.42 Å². The number of amides is 2. The summed E-state index contributed by atoms with van der Waals surface area (Å²) in [6.45, 7) is -0.424. The van der Waals surface area contributed by atoms with Gasteiger partial charge in [0.05, 0.1) is 11.9 Å². The zero-order valence-electron chi connectivity index (χ0n) is 21.0. The molecular formula is C27H28ClN3O6S. The standard InChI is InChI=1S/C27H28ClN3O6S/c1-29-27(33)23(14-19-6-4-3-5-7-19)30(16-20-8-10-21(28)11-9-20)26(32)17-31(38(2,34)35)22-12-13-24-25(15-22)37-18-36-24/h3-13,15,23H,14,16-18H2,1-2H3,(H,29,33). The van der Waals surface area contributed by atoms with Crippen LogP contribution in [0.2, 0.25) is 5.02 Å². The van der Waals surface area contributed by atoms with Crippen LogP contribution in [0.25, 0.3) is 0 Å². The topological polar surface area (TPSA) is 105 Å². The number of carbonyl (C=O) groups is 2. The average Bonchev–Trinajstić information content (AvgIpc) is 3.37. The second-order valence-corrected chi connectivity index (χ2v) is 11.1. The van der Waals surface area contributed by atoms with Crippen LogP contribution in [0.4, 0.5) is 5.69 Å². The van der Waals surface area contributed by atoms with Crippen molar-refractivity contribution in [1.29, 1.82) is 0 Å². The predicted octanol–water partition coefficient (Wildman–Crippen LogP) is 3.22. The van der Waals surface area contributed by atoms with Crippen LogP contribution in [0.1, 0.15) is 11.1 Å². The van der Waals surface area contributed by atoms with Crippen molar-refractivity contribution in [3.8, 4) is 11.5 Å². The van der Waals surface area contributed by atoms with Gasteiger partial charge in [0.25, 0.3) is 0 Å². The molecule has 11 heteroatoms. The molecule has 0 aliphatic carbocycles. The van der Waals surface area contributed by atoms with Crippen molar-refractivity contribution >= 4 is 39.1 Å². The Kier molecular flexibility index (Phi) is 8.43. The number of nitrogens with zero attached hydrogens (tertiary/aromatic N) is 2. The number of fused-ring (bicyclic) bond motifs is 1. The van der Waals surface area contributed by atoms with E-state index in [1.165, 1.54) is 18.0 Å². The number of halogens is 1. The smallest absolute Gasteiger partial charge is 0.244 e. The fraction of sp³-hybridized carbons (Fsp3) is 0.259. The van der Waals surface area contributed by atoms with E-state index < -0.39 is 28.5 Å². The van der Waals surface area contributed by atoms with Crippen LogP contribution < -0.4 is 19.1 Å². The predicted molar refractivity (Wildman–Crippen MR) is 145 cm³/mol. The van der Waals surface area contributed by atoms with E-state index in [1.807, 2.05) is 30.3 Å². The minimum absolute atomic E-state index is 0.0265. The zero-order chi connectivity index (χ0) is 27.3. The van der Waals surface area contributed by atoms with E-state index in [1.54, 1.807) is 36.4 Å². The van der Waals surface area contributed by atoms with Crippen molar-refractivity contribution < 1.29 is 27.5 Å². The second kappa shape index (κ2) is 11.7. The van der Waals surface area contributed by atoms with E-state index in [2.05, 4.69) is 5.32 Å². The summed E-state index contributed by atoms with van der Waals surface area (Å²) in [5.74, 6) is -0.0490. The van der Waals surface area contributed by atoms with Gasteiger partial charge in [0.1, 0.15) is 12.6 Å². The van der Waals surface area contributed by atoms with Gasteiger partial charge < -0.3 is 19.7 Å². The molecule has 1 atom stereocenters. The van der Waals surface area contributed by atoms with Gasteiger partial charge >= 0.3 is 0 Å². The molecular weight excluding hydrogens is 530 g/mol. The number of likely N-dealkylation sites (N-methyl/N-ethyl adjacent to an activating group) is 1. The largest absolute Gasteiger partial charge is 0.454 e. The Bertz CT molecular complexity index is 1400. The third kappa shape index (κ3) is 6.56. The lowest BCUT2D eigenvalue weighted by molar-refractivity contribution is -0.139. The first-order valence-corrected chi connectivity index (χ1v) is 14.0. The molecule has 1 aliphatic heterocycles. The van der Waals surface area contributed by atoms with Crippen LogP contribution >= 0.6 is 11.6 Å². The number of hydrogen-bond donors (Lipinski definition) is 1. The van der Waals surface area contributed by atoms with Crippen LogP contribution in [0.5, 0.6) is 11.5 Å². The molecule has 0 aromatic heterocycles. The quantitative estimate of drug-likeness (QED) is 0.410. The maximum Gasteiger partial charge on any atom is 0.244 e. The molecule has 3 aromatic rings. The number of nitrogens with one attached hydrogen (secondary N) is 1. The normalized spacial score (nSPS) is 13.0. The molecule has 200 valence electrons. The number of anilines is 1. The fourth-order valence-electron chi connectivity index (χ4n) is 4.16. The number of benzene rings is 3. The summed E-state index contributed by atoms with van der Waals surface area (Å²) in [5.41, 5.74) is 1.83. The summed E-state index contributed by atoms with van der Waals surface area (Å²) in [6.07, 6.45) is 1.26. The van der Waals surface area contributed by atoms with Gasteiger partial charge in [0, 0.05) is 31.1 Å². The van der Waals surface area contributed by atoms with E-state index in [0.29, 0.717) is 16.5 Å². The van der Waals surface area contributed by atoms with Gasteiger partial charge in [0.2, 0.25) is 28.6 Å². The van der Waals surface area contributed by atoms with Gasteiger partial charge in [-0.1, -0.05) is 54.1 Å². The molecule has 0 bridgehead atoms. The summed E-state index contributed by atoms with van der Waals surface area (Å²) in [6, 6.07) is 20.0. The molecule has 1 N–H and O–H groups in total. The van der Waals surface area contributed by atoms with E-state index in [-0.39, 0.29) is 31.4 Å². The van der Waals surface area contributed by atoms with Gasteiger partial charge in [0.15, 0.2) is 11.5 Å². The number of carbonyl (C=O) groups excluding carboxylic acids is 2. The Morgan fingerprint density at radius 2 is 1.66 bits per heavy atom. The summed E-state index contributed by atoms with van der Waals surface area (Å²) in [5, 5.41) is 3.18. The molecule has 1 aliphatic rings. The van der Waals surface area contributed by atoms with Crippen molar-refractivity contribution in [2.45, 2.75) is 19.0 Å². The molecule has 0 spiro atoms. The zero-order valence-corrected chi connectivity index (χ0v) is 22.5. The molecule has 1 heterocycles. The van der Waals surface area contributed by atoms with Crippen LogP contribution in [-0.2, 0) is 32.6 Å². The second-order valence-electron chi connectivity index (χ2n) is 8.78. The molecule has 9 nitrogen and oxygen atoms in total. The molecule has 0 saturated carbocycles. The van der Waals surface area contributed by atoms with Crippen LogP contribution in [0.15, 0.2) is 72.8 Å². The van der Waals surface area contributed by atoms with E-state index >= 15 is 0 Å². The van der Waals surface area contributed by atoms with Gasteiger partial charge in [-0.2, -0.15) is 0 Å². The Balaban J connectivity index is 1.70. The van der Waals surface area contributed by atoms with E-state index in [4.69, 9.17) is 21.1 Å². The monoisotopic (exact) mass is 557 g/mol. The summed E-state index contributed by atoms with van der Waals surface area (Å²) in [7, 11) is -2.38. The third-order valence-electron chi connectivity index (χ3n) is 6.11. The van der Waals surface area contributed by atoms with Crippen molar-refractivity contribution in [3.05, 3.63) is 88.9 Å². The number of hydrogen-bond acceptors (Lipinski definition) is 6. The first kappa shape index (κ1) is 27.3. The highest BCUT2D eigenvalue weighted by molar-refractivity contribution is 7.92. The average molecular weight is 558 g/mol. The van der Waals surface area contributed by atoms with Gasteiger partial charge in [-0.3, -0.25) is 13.9 Å². The fourth-order valence-corrected chi connectivity index (χ4v) is 5.13. The van der Waals surface area contributed by atoms with Crippen molar-refractivity contribution in [1.82, 2.24) is 10.2 Å². The number of ether oxygens (including phenoxy) is 2. The SMILES string of the molecule is CNC(=O)C(Cc1ccccc1)N(Cc1ccc(Cl)cc1)C(=O)CN(c1ccc2c(c1)OCO2)S(C)(=O)=O. The maximum absolute atomic E-state index is 13.9. The summed E-state index contributed by atoms with van der Waals surface area (Å²) in [4.78, 5) is 28.4. The Labute approximate surface area is 227 Å². The first-order chi connectivity index (χ1) is 18.2. The maximum atomic E-state index is 13.9. The molecule has 2 amide bonds. The Morgan fingerprint density at radius 3 is 2.32 bits per heavy atom. The molecule has 0 saturated heterocycles. The highest BCUT2D eigenvalue weighted by Gasteiger charge is 2.33. The third-order valence-corrected chi connectivity index (χ3v) is 7.50. The van der Waals surface area contributed by atoms with E-state index in [9.17, 15) is 18.0 Å². The molecule has 4 rings (SSSR count). The lowest BCUT2D eigenvalue weighted by atomic mass is 10.0.